The van der Waals surface area contributed by atoms with E-state index in [1.165, 1.54) is 0 Å². The second-order valence-corrected chi connectivity index (χ2v) is 7.27. The van der Waals surface area contributed by atoms with E-state index in [9.17, 15) is 13.2 Å². The monoisotopic (exact) mass is 292 g/mol. The molecule has 1 heterocycles. The maximum absolute atomic E-state index is 12.1. The fraction of sp³-hybridized carbons (Fsp3) is 0.429. The van der Waals surface area contributed by atoms with Crippen LogP contribution in [0.25, 0.3) is 0 Å². The molecule has 0 bridgehead atoms. The van der Waals surface area contributed by atoms with Gasteiger partial charge >= 0.3 is 0 Å². The van der Waals surface area contributed by atoms with Gasteiger partial charge in [0.05, 0.1) is 29.7 Å². The summed E-state index contributed by atoms with van der Waals surface area (Å²) < 4.78 is 23.0. The summed E-state index contributed by atoms with van der Waals surface area (Å²) in [6, 6.07) is 8.34. The number of hydrogen-bond acceptors (Lipinski definition) is 5. The number of ketones is 1. The van der Waals surface area contributed by atoms with Crippen LogP contribution in [0.5, 0.6) is 0 Å². The molecule has 0 spiro atoms. The molecule has 1 fully saturated rings. The van der Waals surface area contributed by atoms with Crippen LogP contribution in [-0.4, -0.2) is 49.7 Å². The topological polar surface area (TPSA) is 78.2 Å². The lowest BCUT2D eigenvalue weighted by Gasteiger charge is -2.32. The van der Waals surface area contributed by atoms with Crippen LogP contribution < -0.4 is 0 Å². The number of rotatable bonds is 3. The zero-order valence-electron chi connectivity index (χ0n) is 11.2. The van der Waals surface area contributed by atoms with E-state index in [4.69, 9.17) is 5.26 Å². The minimum Gasteiger partial charge on any atom is -0.293 e. The van der Waals surface area contributed by atoms with E-state index < -0.39 is 9.84 Å². The first-order chi connectivity index (χ1) is 9.41. The summed E-state index contributed by atoms with van der Waals surface area (Å²) in [4.78, 5) is 14.0. The maximum Gasteiger partial charge on any atom is 0.176 e. The molecule has 1 aliphatic rings. The first-order valence-corrected chi connectivity index (χ1v) is 8.21. The number of nitrogens with zero attached hydrogens (tertiary/aromatic N) is 2. The van der Waals surface area contributed by atoms with Crippen LogP contribution >= 0.6 is 0 Å². The van der Waals surface area contributed by atoms with Gasteiger partial charge in [-0.15, -0.1) is 0 Å². The van der Waals surface area contributed by atoms with Crippen molar-refractivity contribution in [1.29, 1.82) is 5.26 Å². The summed E-state index contributed by atoms with van der Waals surface area (Å²) in [6.07, 6.45) is 0. The van der Waals surface area contributed by atoms with Gasteiger partial charge in [0.1, 0.15) is 0 Å². The van der Waals surface area contributed by atoms with Crippen LogP contribution in [0.15, 0.2) is 24.3 Å². The standard InChI is InChI=1S/C14H16N2O3S/c1-11-10-20(18,19)7-6-16(11)9-14(17)13-4-2-12(8-15)3-5-13/h2-5,11H,6-7,9-10H2,1H3. The normalized spacial score (nSPS) is 22.1. The van der Waals surface area contributed by atoms with Crippen molar-refractivity contribution in [2.75, 3.05) is 24.6 Å². The zero-order chi connectivity index (χ0) is 14.8. The van der Waals surface area contributed by atoms with Crippen molar-refractivity contribution in [1.82, 2.24) is 4.90 Å². The quantitative estimate of drug-likeness (QED) is 0.772. The number of sulfone groups is 1. The molecule has 1 aromatic carbocycles. The highest BCUT2D eigenvalue weighted by Crippen LogP contribution is 2.13. The number of carbonyl (C=O) groups is 1. The Morgan fingerprint density at radius 3 is 2.60 bits per heavy atom. The second-order valence-electron chi connectivity index (χ2n) is 5.05. The molecule has 0 amide bonds. The van der Waals surface area contributed by atoms with Crippen molar-refractivity contribution < 1.29 is 13.2 Å². The van der Waals surface area contributed by atoms with Gasteiger partial charge in [0, 0.05) is 18.2 Å². The lowest BCUT2D eigenvalue weighted by Crippen LogP contribution is -2.48. The van der Waals surface area contributed by atoms with Crippen LogP contribution in [0.1, 0.15) is 22.8 Å². The number of Topliss-reactive ketones (excluding diaryl/α,β-unsaturated/α-hetero) is 1. The average Bonchev–Trinajstić information content (AvgIpc) is 2.41. The van der Waals surface area contributed by atoms with Gasteiger partial charge in [-0.05, 0) is 19.1 Å². The third kappa shape index (κ3) is 3.44. The summed E-state index contributed by atoms with van der Waals surface area (Å²) >= 11 is 0. The molecule has 1 saturated heterocycles. The Morgan fingerprint density at radius 1 is 1.40 bits per heavy atom. The van der Waals surface area contributed by atoms with E-state index >= 15 is 0 Å². The Balaban J connectivity index is 2.03. The Bertz CT molecular complexity index is 644. The molecule has 1 atom stereocenters. The maximum atomic E-state index is 12.1. The highest BCUT2D eigenvalue weighted by atomic mass is 32.2. The van der Waals surface area contributed by atoms with Gasteiger partial charge in [-0.1, -0.05) is 12.1 Å². The van der Waals surface area contributed by atoms with Crippen molar-refractivity contribution in [3.63, 3.8) is 0 Å². The number of carbonyl (C=O) groups excluding carboxylic acids is 1. The summed E-state index contributed by atoms with van der Waals surface area (Å²) in [7, 11) is -2.96. The molecule has 0 saturated carbocycles. The summed E-state index contributed by atoms with van der Waals surface area (Å²) in [5.74, 6) is 0.159. The second kappa shape index (κ2) is 5.73. The fourth-order valence-corrected chi connectivity index (χ4v) is 3.90. The molecular formula is C14H16N2O3S. The average molecular weight is 292 g/mol. The molecule has 0 aliphatic carbocycles. The van der Waals surface area contributed by atoms with E-state index in [1.54, 1.807) is 24.3 Å². The van der Waals surface area contributed by atoms with Crippen LogP contribution in [0.2, 0.25) is 0 Å². The van der Waals surface area contributed by atoms with Gasteiger partial charge in [-0.2, -0.15) is 5.26 Å². The van der Waals surface area contributed by atoms with E-state index in [0.717, 1.165) is 0 Å². The third-order valence-corrected chi connectivity index (χ3v) is 5.29. The SMILES string of the molecule is CC1CS(=O)(=O)CCN1CC(=O)c1ccc(C#N)cc1. The van der Waals surface area contributed by atoms with Crippen LogP contribution in [0.3, 0.4) is 0 Å². The van der Waals surface area contributed by atoms with Crippen molar-refractivity contribution in [2.45, 2.75) is 13.0 Å². The van der Waals surface area contributed by atoms with Gasteiger partial charge in [0.15, 0.2) is 15.6 Å². The van der Waals surface area contributed by atoms with Crippen LogP contribution in [-0.2, 0) is 9.84 Å². The predicted octanol–water partition coefficient (Wildman–Crippen LogP) is 0.860. The van der Waals surface area contributed by atoms with E-state index in [1.807, 2.05) is 17.9 Å². The first kappa shape index (κ1) is 14.7. The highest BCUT2D eigenvalue weighted by molar-refractivity contribution is 7.91. The molecule has 0 radical (unpaired) electrons. The summed E-state index contributed by atoms with van der Waals surface area (Å²) in [6.45, 7) is 2.43. The number of benzene rings is 1. The van der Waals surface area contributed by atoms with E-state index in [0.29, 0.717) is 17.7 Å². The minimum absolute atomic E-state index is 0.0550. The molecule has 0 N–H and O–H groups in total. The smallest absolute Gasteiger partial charge is 0.176 e. The number of hydrogen-bond donors (Lipinski definition) is 0. The Kier molecular flexibility index (Phi) is 4.21. The largest absolute Gasteiger partial charge is 0.293 e. The van der Waals surface area contributed by atoms with Crippen LogP contribution in [0, 0.1) is 11.3 Å². The van der Waals surface area contributed by atoms with E-state index in [2.05, 4.69) is 0 Å². The lowest BCUT2D eigenvalue weighted by atomic mass is 10.1. The number of nitriles is 1. The Labute approximate surface area is 118 Å². The molecule has 1 unspecified atom stereocenters. The molecule has 5 nitrogen and oxygen atoms in total. The molecule has 2 rings (SSSR count). The van der Waals surface area contributed by atoms with E-state index in [-0.39, 0.29) is 29.9 Å². The lowest BCUT2D eigenvalue weighted by molar-refractivity contribution is 0.0908. The fourth-order valence-electron chi connectivity index (χ4n) is 2.27. The molecule has 106 valence electrons. The molecule has 20 heavy (non-hydrogen) atoms. The van der Waals surface area contributed by atoms with Crippen molar-refractivity contribution >= 4 is 15.6 Å². The Hall–Kier alpha value is -1.71. The van der Waals surface area contributed by atoms with Gasteiger partial charge < -0.3 is 0 Å². The van der Waals surface area contributed by atoms with Crippen molar-refractivity contribution in [3.8, 4) is 6.07 Å². The summed E-state index contributed by atoms with van der Waals surface area (Å²) in [5, 5.41) is 8.71. The van der Waals surface area contributed by atoms with Gasteiger partial charge in [-0.3, -0.25) is 9.69 Å². The van der Waals surface area contributed by atoms with Crippen molar-refractivity contribution in [2.24, 2.45) is 0 Å². The third-order valence-electron chi connectivity index (χ3n) is 3.49. The van der Waals surface area contributed by atoms with Gasteiger partial charge in [0.2, 0.25) is 0 Å². The predicted molar refractivity (Wildman–Crippen MR) is 75.2 cm³/mol. The van der Waals surface area contributed by atoms with Crippen molar-refractivity contribution in [3.05, 3.63) is 35.4 Å². The minimum atomic E-state index is -2.96. The highest BCUT2D eigenvalue weighted by Gasteiger charge is 2.29. The summed E-state index contributed by atoms with van der Waals surface area (Å²) in [5.41, 5.74) is 1.06. The zero-order valence-corrected chi connectivity index (χ0v) is 12.1. The van der Waals surface area contributed by atoms with Gasteiger partial charge in [0.25, 0.3) is 0 Å². The van der Waals surface area contributed by atoms with Gasteiger partial charge in [-0.25, -0.2) is 8.42 Å². The van der Waals surface area contributed by atoms with Crippen LogP contribution in [0.4, 0.5) is 0 Å². The molecule has 0 aromatic heterocycles. The molecular weight excluding hydrogens is 276 g/mol. The Morgan fingerprint density at radius 2 is 2.05 bits per heavy atom. The molecule has 1 aliphatic heterocycles. The molecule has 1 aromatic rings. The molecule has 6 heteroatoms. The first-order valence-electron chi connectivity index (χ1n) is 6.39.